The largest absolute Gasteiger partial charge is 0.497 e. The third-order valence-electron chi connectivity index (χ3n) is 4.37. The van der Waals surface area contributed by atoms with Gasteiger partial charge in [0.1, 0.15) is 11.6 Å². The van der Waals surface area contributed by atoms with E-state index < -0.39 is 5.82 Å². The second-order valence-electron chi connectivity index (χ2n) is 6.23. The fourth-order valence-electron chi connectivity index (χ4n) is 2.96. The lowest BCUT2D eigenvalue weighted by atomic mass is 10.2. The summed E-state index contributed by atoms with van der Waals surface area (Å²) in [4.78, 5) is 12.8. The van der Waals surface area contributed by atoms with E-state index in [1.165, 1.54) is 0 Å². The van der Waals surface area contributed by atoms with Gasteiger partial charge >= 0.3 is 0 Å². The van der Waals surface area contributed by atoms with Crippen molar-refractivity contribution < 1.29 is 9.13 Å². The van der Waals surface area contributed by atoms with Crippen LogP contribution in [0.25, 0.3) is 17.0 Å². The van der Waals surface area contributed by atoms with E-state index in [9.17, 15) is 9.65 Å². The van der Waals surface area contributed by atoms with E-state index in [0.717, 1.165) is 0 Å². The summed E-state index contributed by atoms with van der Waals surface area (Å²) in [5.74, 6) is 0.266. The summed E-state index contributed by atoms with van der Waals surface area (Å²) < 4.78 is 21.3. The number of hydrogen-bond acceptors (Lipinski definition) is 7. The van der Waals surface area contributed by atoms with Gasteiger partial charge in [0.25, 0.3) is 0 Å². The lowest BCUT2D eigenvalue weighted by Crippen LogP contribution is -2.10. The molecule has 2 aromatic heterocycles. The number of aromatic nitrogens is 4. The van der Waals surface area contributed by atoms with Crippen molar-refractivity contribution in [2.75, 3.05) is 18.2 Å². The lowest BCUT2D eigenvalue weighted by Gasteiger charge is -2.12. The second kappa shape index (κ2) is 7.09. The van der Waals surface area contributed by atoms with Crippen molar-refractivity contribution in [2.24, 2.45) is 0 Å². The number of imidazole rings is 1. The predicted octanol–water partition coefficient (Wildman–Crippen LogP) is 3.47. The molecule has 0 saturated carbocycles. The average Bonchev–Trinajstić information content (AvgIpc) is 3.06. The number of anilines is 3. The zero-order valence-corrected chi connectivity index (χ0v) is 15.6. The molecule has 0 spiro atoms. The van der Waals surface area contributed by atoms with Crippen LogP contribution in [0.2, 0.25) is 0 Å². The topological polar surface area (TPSA) is 115 Å². The van der Waals surface area contributed by atoms with Gasteiger partial charge in [0.05, 0.1) is 29.8 Å². The summed E-state index contributed by atoms with van der Waals surface area (Å²) in [6.07, 6.45) is 0. The van der Waals surface area contributed by atoms with Gasteiger partial charge in [-0.05, 0) is 49.4 Å². The molecule has 0 fully saturated rings. The number of methoxy groups -OCH3 is 1. The fraction of sp³-hybridized carbons (Fsp3) is 0.100. The number of nitrogen functional groups attached to an aromatic ring is 1. The molecule has 2 heterocycles. The molecule has 0 amide bonds. The number of rotatable bonds is 4. The van der Waals surface area contributed by atoms with E-state index in [4.69, 9.17) is 10.5 Å². The molecule has 0 aliphatic carbocycles. The van der Waals surface area contributed by atoms with Crippen molar-refractivity contribution in [3.8, 4) is 17.8 Å². The molecule has 2 aromatic carbocycles. The number of ether oxygens (including phenoxy) is 1. The minimum Gasteiger partial charge on any atom is -0.497 e. The maximum atomic E-state index is 14.6. The predicted molar refractivity (Wildman–Crippen MR) is 107 cm³/mol. The van der Waals surface area contributed by atoms with E-state index in [1.807, 2.05) is 0 Å². The zero-order chi connectivity index (χ0) is 20.5. The monoisotopic (exact) mass is 389 g/mol. The maximum absolute atomic E-state index is 14.6. The Bertz CT molecular complexity index is 1260. The van der Waals surface area contributed by atoms with E-state index in [2.05, 4.69) is 26.3 Å². The van der Waals surface area contributed by atoms with Crippen LogP contribution in [0.4, 0.5) is 21.7 Å². The van der Waals surface area contributed by atoms with Crippen LogP contribution in [0.3, 0.4) is 0 Å². The highest BCUT2D eigenvalue weighted by Gasteiger charge is 2.18. The molecule has 0 aliphatic heterocycles. The smallest absolute Gasteiger partial charge is 0.239 e. The molecule has 4 rings (SSSR count). The Morgan fingerprint density at radius 1 is 1.14 bits per heavy atom. The molecule has 0 saturated heterocycles. The third-order valence-corrected chi connectivity index (χ3v) is 4.37. The van der Waals surface area contributed by atoms with Gasteiger partial charge in [-0.25, -0.2) is 4.98 Å². The Morgan fingerprint density at radius 2 is 1.90 bits per heavy atom. The first-order valence-corrected chi connectivity index (χ1v) is 8.64. The van der Waals surface area contributed by atoms with Gasteiger partial charge in [-0.1, -0.05) is 0 Å². The minimum atomic E-state index is -0.760. The number of nitriles is 1. The Morgan fingerprint density at radius 3 is 2.59 bits per heavy atom. The van der Waals surface area contributed by atoms with Crippen LogP contribution in [0.1, 0.15) is 11.4 Å². The lowest BCUT2D eigenvalue weighted by molar-refractivity contribution is 0.415. The van der Waals surface area contributed by atoms with Gasteiger partial charge in [-0.15, -0.1) is 0 Å². The molecule has 8 nitrogen and oxygen atoms in total. The van der Waals surface area contributed by atoms with Crippen molar-refractivity contribution >= 4 is 28.4 Å². The van der Waals surface area contributed by atoms with Crippen molar-refractivity contribution in [3.63, 3.8) is 0 Å². The van der Waals surface area contributed by atoms with Gasteiger partial charge < -0.3 is 15.8 Å². The highest BCUT2D eigenvalue weighted by Crippen LogP contribution is 2.26. The summed E-state index contributed by atoms with van der Waals surface area (Å²) >= 11 is 0. The van der Waals surface area contributed by atoms with Gasteiger partial charge in [-0.3, -0.25) is 4.57 Å². The quantitative estimate of drug-likeness (QED) is 0.549. The molecule has 4 aromatic rings. The third kappa shape index (κ3) is 3.27. The normalized spacial score (nSPS) is 10.7. The van der Waals surface area contributed by atoms with Crippen molar-refractivity contribution in [1.29, 1.82) is 5.26 Å². The number of hydrogen-bond donors (Lipinski definition) is 2. The van der Waals surface area contributed by atoms with Gasteiger partial charge in [-0.2, -0.15) is 19.6 Å². The van der Waals surface area contributed by atoms with Gasteiger partial charge in [0.15, 0.2) is 11.6 Å². The van der Waals surface area contributed by atoms with Crippen LogP contribution in [-0.4, -0.2) is 26.6 Å². The highest BCUT2D eigenvalue weighted by molar-refractivity contribution is 5.79. The zero-order valence-electron chi connectivity index (χ0n) is 15.6. The van der Waals surface area contributed by atoms with E-state index in [0.29, 0.717) is 33.9 Å². The molecule has 144 valence electrons. The fourth-order valence-corrected chi connectivity index (χ4v) is 2.96. The summed E-state index contributed by atoms with van der Waals surface area (Å²) in [6.45, 7) is 1.77. The van der Waals surface area contributed by atoms with Crippen LogP contribution >= 0.6 is 0 Å². The molecular formula is C20H16FN7O. The van der Waals surface area contributed by atoms with Crippen LogP contribution in [-0.2, 0) is 0 Å². The van der Waals surface area contributed by atoms with Gasteiger partial charge in [0.2, 0.25) is 11.8 Å². The number of fused-ring (bicyclic) bond motifs is 1. The average molecular weight is 389 g/mol. The molecule has 3 N–H and O–H groups in total. The van der Waals surface area contributed by atoms with Gasteiger partial charge in [0, 0.05) is 5.69 Å². The Balaban J connectivity index is 1.82. The summed E-state index contributed by atoms with van der Waals surface area (Å²) in [6, 6.07) is 14.1. The summed E-state index contributed by atoms with van der Waals surface area (Å²) in [5, 5.41) is 12.1. The van der Waals surface area contributed by atoms with Crippen LogP contribution in [0.5, 0.6) is 5.75 Å². The second-order valence-corrected chi connectivity index (χ2v) is 6.23. The van der Waals surface area contributed by atoms with Crippen LogP contribution in [0.15, 0.2) is 42.5 Å². The first-order valence-electron chi connectivity index (χ1n) is 8.64. The van der Waals surface area contributed by atoms with Crippen molar-refractivity contribution in [2.45, 2.75) is 6.92 Å². The molecule has 0 bridgehead atoms. The Kier molecular flexibility index (Phi) is 4.44. The first-order chi connectivity index (χ1) is 14.0. The van der Waals surface area contributed by atoms with E-state index in [-0.39, 0.29) is 17.6 Å². The minimum absolute atomic E-state index is 0.0737. The molecular weight excluding hydrogens is 373 g/mol. The Labute approximate surface area is 165 Å². The van der Waals surface area contributed by atoms with E-state index >= 15 is 0 Å². The number of nitrogens with one attached hydrogen (secondary N) is 1. The number of nitrogens with two attached hydrogens (primary N) is 1. The summed E-state index contributed by atoms with van der Waals surface area (Å²) in [5.41, 5.74) is 8.16. The van der Waals surface area contributed by atoms with Crippen LogP contribution in [0, 0.1) is 24.1 Å². The van der Waals surface area contributed by atoms with Crippen molar-refractivity contribution in [1.82, 2.24) is 19.5 Å². The molecule has 0 unspecified atom stereocenters. The number of aryl methyl sites for hydroxylation is 1. The highest BCUT2D eigenvalue weighted by atomic mass is 19.1. The summed E-state index contributed by atoms with van der Waals surface area (Å²) in [7, 11) is 1.56. The van der Waals surface area contributed by atoms with Crippen LogP contribution < -0.4 is 15.8 Å². The maximum Gasteiger partial charge on any atom is 0.239 e. The molecule has 0 aliphatic rings. The van der Waals surface area contributed by atoms with E-state index in [1.54, 1.807) is 61.1 Å². The number of halogens is 1. The molecule has 29 heavy (non-hydrogen) atoms. The first kappa shape index (κ1) is 18.2. The molecule has 0 radical (unpaired) electrons. The SMILES string of the molecule is COc1ccc(Nc2nc(-n3c(C)nc4ccc(C#N)cc43)nc(N)c2F)cc1. The Hall–Kier alpha value is -4.19. The van der Waals surface area contributed by atoms with Crippen molar-refractivity contribution in [3.05, 3.63) is 59.7 Å². The number of nitrogens with zero attached hydrogens (tertiary/aromatic N) is 5. The number of benzene rings is 2. The molecule has 9 heteroatoms. The standard InChI is InChI=1S/C20H16FN7O/c1-11-24-15-8-3-12(10-22)9-16(15)28(11)20-26-18(23)17(21)19(27-20)25-13-4-6-14(29-2)7-5-13/h3-9H,1-2H3,(H3,23,25,26,27). The molecule has 0 atom stereocenters.